The number of para-hydroxylation sites is 1. The number of nitrogens with two attached hydrogens (primary N) is 1. The summed E-state index contributed by atoms with van der Waals surface area (Å²) in [5, 5.41) is 28.2. The number of nitrogens with one attached hydrogen (secondary N) is 5. The second kappa shape index (κ2) is 15.0. The third-order valence-corrected chi connectivity index (χ3v) is 7.85. The minimum absolute atomic E-state index is 0.00145. The van der Waals surface area contributed by atoms with Crippen molar-refractivity contribution in [3.63, 3.8) is 0 Å². The molecule has 5 atom stereocenters. The summed E-state index contributed by atoms with van der Waals surface area (Å²) in [6, 6.07) is 9.32. The van der Waals surface area contributed by atoms with Crippen molar-refractivity contribution in [1.82, 2.24) is 30.9 Å². The molecule has 13 nitrogen and oxygen atoms in total. The van der Waals surface area contributed by atoms with Gasteiger partial charge < -0.3 is 41.9 Å². The number of aromatic amines is 2. The smallest absolute Gasteiger partial charge is 0.326 e. The average Bonchev–Trinajstić information content (AvgIpc) is 3.69. The highest BCUT2D eigenvalue weighted by atomic mass is 16.4. The number of carbonyl (C=O) groups excluding carboxylic acids is 3. The van der Waals surface area contributed by atoms with E-state index in [0.717, 1.165) is 22.0 Å². The number of aromatic nitrogens is 3. The molecule has 0 aliphatic rings. The van der Waals surface area contributed by atoms with Crippen molar-refractivity contribution in [2.75, 3.05) is 0 Å². The molecule has 0 radical (unpaired) electrons. The summed E-state index contributed by atoms with van der Waals surface area (Å²) < 4.78 is 0. The third kappa shape index (κ3) is 8.70. The number of fused-ring (bicyclic) bond motifs is 1. The fourth-order valence-electron chi connectivity index (χ4n) is 5.02. The summed E-state index contributed by atoms with van der Waals surface area (Å²) in [6.45, 7) is 3.54. The van der Waals surface area contributed by atoms with E-state index in [1.54, 1.807) is 25.3 Å². The van der Waals surface area contributed by atoms with Gasteiger partial charge in [-0.3, -0.25) is 14.4 Å². The third-order valence-electron chi connectivity index (χ3n) is 7.85. The maximum atomic E-state index is 13.9. The molecular weight excluding hydrogens is 578 g/mol. The molecule has 13 heteroatoms. The number of aromatic hydroxyl groups is 1. The predicted octanol–water partition coefficient (Wildman–Crippen LogP) is 1.54. The SMILES string of the molecule is CCC(C)C(NC(=O)C(Cc1cnc[nH]1)NC(=O)C(Cc1c[nH]c2ccccc12)NC(=O)C(N)Cc1ccc(O)cc1)C(=O)O. The molecule has 0 saturated carbocycles. The fraction of sp³-hybridized carbons (Fsp3) is 0.344. The first kappa shape index (κ1) is 32.7. The number of H-pyrrole nitrogens is 2. The van der Waals surface area contributed by atoms with E-state index in [0.29, 0.717) is 12.1 Å². The number of aliphatic carboxylic acids is 1. The van der Waals surface area contributed by atoms with Crippen molar-refractivity contribution in [3.8, 4) is 5.75 Å². The minimum Gasteiger partial charge on any atom is -0.508 e. The summed E-state index contributed by atoms with van der Waals surface area (Å²) in [5.41, 5.74) is 9.09. The number of benzene rings is 2. The van der Waals surface area contributed by atoms with E-state index in [4.69, 9.17) is 5.73 Å². The molecule has 238 valence electrons. The molecule has 0 bridgehead atoms. The minimum atomic E-state index is -1.18. The predicted molar refractivity (Wildman–Crippen MR) is 167 cm³/mol. The van der Waals surface area contributed by atoms with Crippen molar-refractivity contribution in [3.05, 3.63) is 84.1 Å². The summed E-state index contributed by atoms with van der Waals surface area (Å²) in [5.74, 6) is -3.39. The van der Waals surface area contributed by atoms with Gasteiger partial charge in [-0.15, -0.1) is 0 Å². The summed E-state index contributed by atoms with van der Waals surface area (Å²) >= 11 is 0. The van der Waals surface area contributed by atoms with Gasteiger partial charge in [0.25, 0.3) is 0 Å². The topological polar surface area (TPSA) is 215 Å². The van der Waals surface area contributed by atoms with Crippen LogP contribution in [0.25, 0.3) is 10.9 Å². The number of hydrogen-bond donors (Lipinski definition) is 8. The monoisotopic (exact) mass is 617 g/mol. The zero-order valence-electron chi connectivity index (χ0n) is 25.1. The molecule has 0 aliphatic heterocycles. The molecule has 2 aromatic carbocycles. The Balaban J connectivity index is 1.58. The standard InChI is InChI=1S/C32H39N7O6/c1-3-18(2)28(32(44)45)39-31(43)27(14-21-16-34-17-36-21)38-30(42)26(13-20-15-35-25-7-5-4-6-23(20)25)37-29(41)24(33)12-19-8-10-22(40)11-9-19/h4-11,15-18,24,26-28,35,40H,3,12-14,33H2,1-2H3,(H,34,36)(H,37,41)(H,38,42)(H,39,43)(H,44,45). The highest BCUT2D eigenvalue weighted by Gasteiger charge is 2.32. The van der Waals surface area contributed by atoms with Crippen molar-refractivity contribution in [1.29, 1.82) is 0 Å². The molecule has 4 rings (SSSR count). The van der Waals surface area contributed by atoms with Crippen LogP contribution in [0.4, 0.5) is 0 Å². The van der Waals surface area contributed by atoms with Crippen LogP contribution in [-0.4, -0.2) is 73.0 Å². The van der Waals surface area contributed by atoms with E-state index in [-0.39, 0.29) is 30.9 Å². The highest BCUT2D eigenvalue weighted by molar-refractivity contribution is 5.95. The lowest BCUT2D eigenvalue weighted by Crippen LogP contribution is -2.58. The number of rotatable bonds is 15. The maximum Gasteiger partial charge on any atom is 0.326 e. The van der Waals surface area contributed by atoms with Crippen molar-refractivity contribution in [2.45, 2.75) is 63.7 Å². The number of phenolic OH excluding ortho intramolecular Hbond substituents is 1. The lowest BCUT2D eigenvalue weighted by Gasteiger charge is -2.26. The Kier molecular flexibility index (Phi) is 10.9. The van der Waals surface area contributed by atoms with Gasteiger partial charge in [-0.25, -0.2) is 9.78 Å². The number of carboxylic acid groups (broad SMARTS) is 1. The van der Waals surface area contributed by atoms with Crippen LogP contribution in [0.15, 0.2) is 67.3 Å². The first-order valence-electron chi connectivity index (χ1n) is 14.7. The van der Waals surface area contributed by atoms with Gasteiger partial charge in [-0.05, 0) is 41.7 Å². The van der Waals surface area contributed by atoms with Gasteiger partial charge in [0.1, 0.15) is 23.9 Å². The zero-order chi connectivity index (χ0) is 32.5. The zero-order valence-corrected chi connectivity index (χ0v) is 25.1. The second-order valence-electron chi connectivity index (χ2n) is 11.2. The van der Waals surface area contributed by atoms with Crippen LogP contribution in [0, 0.1) is 5.92 Å². The van der Waals surface area contributed by atoms with E-state index >= 15 is 0 Å². The summed E-state index contributed by atoms with van der Waals surface area (Å²) in [7, 11) is 0. The van der Waals surface area contributed by atoms with Crippen molar-refractivity contribution < 1.29 is 29.4 Å². The number of imidazole rings is 1. The van der Waals surface area contributed by atoms with Gasteiger partial charge in [0.05, 0.1) is 12.4 Å². The molecule has 3 amide bonds. The molecular formula is C32H39N7O6. The number of hydrogen-bond acceptors (Lipinski definition) is 7. The number of carbonyl (C=O) groups is 4. The van der Waals surface area contributed by atoms with Crippen LogP contribution in [0.3, 0.4) is 0 Å². The lowest BCUT2D eigenvalue weighted by atomic mass is 9.98. The molecule has 2 aromatic heterocycles. The number of nitrogens with zero attached hydrogens (tertiary/aromatic N) is 1. The molecule has 45 heavy (non-hydrogen) atoms. The maximum absolute atomic E-state index is 13.9. The van der Waals surface area contributed by atoms with Crippen molar-refractivity contribution in [2.24, 2.45) is 11.7 Å². The lowest BCUT2D eigenvalue weighted by molar-refractivity contribution is -0.143. The quantitative estimate of drug-likeness (QED) is 0.0977. The van der Waals surface area contributed by atoms with Crippen LogP contribution < -0.4 is 21.7 Å². The Morgan fingerprint density at radius 1 is 0.889 bits per heavy atom. The van der Waals surface area contributed by atoms with E-state index < -0.39 is 47.9 Å². The van der Waals surface area contributed by atoms with Gasteiger partial charge in [0.15, 0.2) is 0 Å². The Morgan fingerprint density at radius 2 is 1.56 bits per heavy atom. The van der Waals surface area contributed by atoms with Gasteiger partial charge in [-0.1, -0.05) is 50.6 Å². The second-order valence-corrected chi connectivity index (χ2v) is 11.2. The highest BCUT2D eigenvalue weighted by Crippen LogP contribution is 2.20. The average molecular weight is 618 g/mol. The summed E-state index contributed by atoms with van der Waals surface area (Å²) in [4.78, 5) is 62.6. The molecule has 5 unspecified atom stereocenters. The molecule has 0 aliphatic carbocycles. The van der Waals surface area contributed by atoms with E-state index in [1.807, 2.05) is 31.2 Å². The summed E-state index contributed by atoms with van der Waals surface area (Å²) in [6.07, 6.45) is 5.44. The Bertz CT molecular complexity index is 1600. The van der Waals surface area contributed by atoms with Gasteiger partial charge in [-0.2, -0.15) is 0 Å². The van der Waals surface area contributed by atoms with Crippen molar-refractivity contribution >= 4 is 34.6 Å². The Labute approximate surface area is 260 Å². The Hall–Kier alpha value is -5.17. The van der Waals surface area contributed by atoms with Crippen LogP contribution in [0.2, 0.25) is 0 Å². The first-order chi connectivity index (χ1) is 21.5. The van der Waals surface area contributed by atoms with E-state index in [1.165, 1.54) is 24.7 Å². The van der Waals surface area contributed by atoms with E-state index in [9.17, 15) is 29.4 Å². The van der Waals surface area contributed by atoms with Crippen LogP contribution in [0.1, 0.15) is 37.1 Å². The van der Waals surface area contributed by atoms with Crippen LogP contribution in [-0.2, 0) is 38.4 Å². The first-order valence-corrected chi connectivity index (χ1v) is 14.7. The normalized spacial score (nSPS) is 14.6. The van der Waals surface area contributed by atoms with E-state index in [2.05, 4.69) is 30.9 Å². The molecule has 0 spiro atoms. The molecule has 9 N–H and O–H groups in total. The van der Waals surface area contributed by atoms with Crippen LogP contribution in [0.5, 0.6) is 5.75 Å². The largest absolute Gasteiger partial charge is 0.508 e. The molecule has 0 saturated heterocycles. The van der Waals surface area contributed by atoms with Crippen LogP contribution >= 0.6 is 0 Å². The van der Waals surface area contributed by atoms with Gasteiger partial charge in [0.2, 0.25) is 17.7 Å². The number of phenols is 1. The Morgan fingerprint density at radius 3 is 2.22 bits per heavy atom. The van der Waals surface area contributed by atoms with Gasteiger partial charge in [0, 0.05) is 41.8 Å². The molecule has 2 heterocycles. The fourth-order valence-corrected chi connectivity index (χ4v) is 5.02. The molecule has 0 fully saturated rings. The number of carboxylic acids is 1. The van der Waals surface area contributed by atoms with Gasteiger partial charge >= 0.3 is 5.97 Å². The molecule has 4 aromatic rings. The number of amides is 3.